The number of carbonyl (C=O) groups excluding carboxylic acids is 1. The van der Waals surface area contributed by atoms with Gasteiger partial charge in [0.15, 0.2) is 0 Å². The highest BCUT2D eigenvalue weighted by Crippen LogP contribution is 2.15. The van der Waals surface area contributed by atoms with E-state index in [0.717, 1.165) is 0 Å². The van der Waals surface area contributed by atoms with Crippen LogP contribution < -0.4 is 0 Å². The van der Waals surface area contributed by atoms with Crippen molar-refractivity contribution in [3.05, 3.63) is 21.9 Å². The minimum Gasteiger partial charge on any atom is -0.466 e. The second-order valence-corrected chi connectivity index (χ2v) is 3.77. The average molecular weight is 241 g/mol. The normalized spacial score (nSPS) is 12.2. The Morgan fingerprint density at radius 1 is 1.71 bits per heavy atom. The SMILES string of the molecule is CCOC(=O)C(C)Cn1cc(C)c([N+](=O)[O-])n1. The van der Waals surface area contributed by atoms with Gasteiger partial charge in [-0.3, -0.25) is 4.79 Å². The van der Waals surface area contributed by atoms with Gasteiger partial charge < -0.3 is 14.9 Å². The van der Waals surface area contributed by atoms with Gasteiger partial charge in [-0.1, -0.05) is 6.92 Å². The molecule has 0 aromatic carbocycles. The first kappa shape index (κ1) is 13.1. The zero-order valence-electron chi connectivity index (χ0n) is 10.0. The van der Waals surface area contributed by atoms with Crippen LogP contribution in [0, 0.1) is 23.0 Å². The molecule has 0 fully saturated rings. The third-order valence-electron chi connectivity index (χ3n) is 2.24. The molecule has 1 heterocycles. The van der Waals surface area contributed by atoms with Crippen molar-refractivity contribution < 1.29 is 14.5 Å². The Balaban J connectivity index is 2.72. The second-order valence-electron chi connectivity index (χ2n) is 3.77. The molecule has 0 aliphatic heterocycles. The maximum Gasteiger partial charge on any atom is 0.392 e. The Bertz CT molecular complexity index is 427. The van der Waals surface area contributed by atoms with Crippen LogP contribution in [0.3, 0.4) is 0 Å². The van der Waals surface area contributed by atoms with E-state index in [4.69, 9.17) is 4.74 Å². The summed E-state index contributed by atoms with van der Waals surface area (Å²) in [5, 5.41) is 14.4. The molecule has 1 unspecified atom stereocenters. The van der Waals surface area contributed by atoms with Crippen LogP contribution in [0.15, 0.2) is 6.20 Å². The van der Waals surface area contributed by atoms with Crippen LogP contribution in [0.25, 0.3) is 0 Å². The van der Waals surface area contributed by atoms with Crippen LogP contribution in [0.2, 0.25) is 0 Å². The van der Waals surface area contributed by atoms with Gasteiger partial charge in [-0.05, 0) is 18.8 Å². The van der Waals surface area contributed by atoms with Crippen molar-refractivity contribution in [2.45, 2.75) is 27.3 Å². The van der Waals surface area contributed by atoms with E-state index < -0.39 is 4.92 Å². The lowest BCUT2D eigenvalue weighted by molar-refractivity contribution is -0.390. The van der Waals surface area contributed by atoms with Crippen LogP contribution in [0.1, 0.15) is 19.4 Å². The maximum absolute atomic E-state index is 11.4. The summed E-state index contributed by atoms with van der Waals surface area (Å²) in [5.74, 6) is -0.891. The Morgan fingerprint density at radius 3 is 2.82 bits per heavy atom. The minimum atomic E-state index is -0.541. The molecule has 1 atom stereocenters. The first-order valence-corrected chi connectivity index (χ1v) is 5.30. The molecule has 94 valence electrons. The number of nitro groups is 1. The fraction of sp³-hybridized carbons (Fsp3) is 0.600. The summed E-state index contributed by atoms with van der Waals surface area (Å²) < 4.78 is 6.24. The topological polar surface area (TPSA) is 87.3 Å². The van der Waals surface area contributed by atoms with Crippen molar-refractivity contribution >= 4 is 11.8 Å². The van der Waals surface area contributed by atoms with E-state index in [9.17, 15) is 14.9 Å². The summed E-state index contributed by atoms with van der Waals surface area (Å²) in [7, 11) is 0. The molecule has 0 aliphatic carbocycles. The van der Waals surface area contributed by atoms with E-state index in [-0.39, 0.29) is 24.2 Å². The summed E-state index contributed by atoms with van der Waals surface area (Å²) in [5.41, 5.74) is 0.478. The number of aromatic nitrogens is 2. The molecule has 1 aromatic heterocycles. The van der Waals surface area contributed by atoms with Gasteiger partial charge in [-0.25, -0.2) is 0 Å². The largest absolute Gasteiger partial charge is 0.466 e. The molecule has 1 rings (SSSR count). The smallest absolute Gasteiger partial charge is 0.392 e. The summed E-state index contributed by atoms with van der Waals surface area (Å²) >= 11 is 0. The van der Waals surface area contributed by atoms with E-state index in [1.807, 2.05) is 0 Å². The molecule has 7 heteroatoms. The summed E-state index contributed by atoms with van der Waals surface area (Å²) in [6, 6.07) is 0. The molecular weight excluding hydrogens is 226 g/mol. The molecule has 1 aromatic rings. The highest BCUT2D eigenvalue weighted by atomic mass is 16.6. The van der Waals surface area contributed by atoms with Gasteiger partial charge in [0.05, 0.1) is 35.9 Å². The van der Waals surface area contributed by atoms with E-state index in [2.05, 4.69) is 5.10 Å². The van der Waals surface area contributed by atoms with Gasteiger partial charge >= 0.3 is 11.8 Å². The minimum absolute atomic E-state index is 0.180. The number of hydrogen-bond acceptors (Lipinski definition) is 5. The molecule has 0 saturated carbocycles. The maximum atomic E-state index is 11.4. The molecule has 0 N–H and O–H groups in total. The van der Waals surface area contributed by atoms with Crippen LogP contribution in [0.4, 0.5) is 5.82 Å². The van der Waals surface area contributed by atoms with Gasteiger partial charge in [-0.2, -0.15) is 4.68 Å². The van der Waals surface area contributed by atoms with Crippen molar-refractivity contribution in [2.75, 3.05) is 6.61 Å². The van der Waals surface area contributed by atoms with Gasteiger partial charge in [0.2, 0.25) is 0 Å². The van der Waals surface area contributed by atoms with Crippen molar-refractivity contribution in [3.63, 3.8) is 0 Å². The predicted molar refractivity (Wildman–Crippen MR) is 59.4 cm³/mol. The Hall–Kier alpha value is -1.92. The number of ether oxygens (including phenoxy) is 1. The highest BCUT2D eigenvalue weighted by molar-refractivity contribution is 5.71. The molecule has 0 amide bonds. The first-order chi connectivity index (χ1) is 7.95. The van der Waals surface area contributed by atoms with E-state index >= 15 is 0 Å². The number of esters is 1. The summed E-state index contributed by atoms with van der Waals surface area (Å²) in [4.78, 5) is 21.4. The van der Waals surface area contributed by atoms with E-state index in [1.54, 1.807) is 27.0 Å². The zero-order valence-corrected chi connectivity index (χ0v) is 10.0. The van der Waals surface area contributed by atoms with Gasteiger partial charge in [-0.15, -0.1) is 0 Å². The summed E-state index contributed by atoms with van der Waals surface area (Å²) in [6.07, 6.45) is 1.55. The third kappa shape index (κ3) is 3.27. The lowest BCUT2D eigenvalue weighted by atomic mass is 10.2. The third-order valence-corrected chi connectivity index (χ3v) is 2.24. The van der Waals surface area contributed by atoms with Crippen LogP contribution in [0.5, 0.6) is 0 Å². The fourth-order valence-corrected chi connectivity index (χ4v) is 1.42. The molecule has 0 aliphatic rings. The average Bonchev–Trinajstić information content (AvgIpc) is 2.59. The molecular formula is C10H15N3O4. The van der Waals surface area contributed by atoms with Crippen LogP contribution >= 0.6 is 0 Å². The summed E-state index contributed by atoms with van der Waals surface area (Å²) in [6.45, 7) is 5.62. The quantitative estimate of drug-likeness (QED) is 0.440. The highest BCUT2D eigenvalue weighted by Gasteiger charge is 2.21. The molecule has 0 bridgehead atoms. The lowest BCUT2D eigenvalue weighted by Crippen LogP contribution is -2.20. The lowest BCUT2D eigenvalue weighted by Gasteiger charge is -2.07. The van der Waals surface area contributed by atoms with E-state index in [0.29, 0.717) is 12.2 Å². The first-order valence-electron chi connectivity index (χ1n) is 5.30. The standard InChI is InChI=1S/C10H15N3O4/c1-4-17-10(14)8(3)6-12-5-7(2)9(11-12)13(15)16/h5,8H,4,6H2,1-3H3. The molecule has 0 radical (unpaired) electrons. The zero-order chi connectivity index (χ0) is 13.0. The van der Waals surface area contributed by atoms with Crippen molar-refractivity contribution in [1.82, 2.24) is 9.78 Å². The molecule has 7 nitrogen and oxygen atoms in total. The number of aryl methyl sites for hydroxylation is 1. The Labute approximate surface area is 98.5 Å². The molecule has 0 spiro atoms. The Morgan fingerprint density at radius 2 is 2.35 bits per heavy atom. The fourth-order valence-electron chi connectivity index (χ4n) is 1.42. The van der Waals surface area contributed by atoms with Crippen LogP contribution in [-0.4, -0.2) is 27.3 Å². The number of rotatable bonds is 5. The van der Waals surface area contributed by atoms with Crippen molar-refractivity contribution in [2.24, 2.45) is 5.92 Å². The monoisotopic (exact) mass is 241 g/mol. The molecule has 17 heavy (non-hydrogen) atoms. The van der Waals surface area contributed by atoms with Gasteiger partial charge in [0, 0.05) is 0 Å². The predicted octanol–water partition coefficient (Wildman–Crippen LogP) is 1.30. The second kappa shape index (κ2) is 5.42. The number of hydrogen-bond donors (Lipinski definition) is 0. The number of nitrogens with zero attached hydrogens (tertiary/aromatic N) is 3. The van der Waals surface area contributed by atoms with Crippen LogP contribution in [-0.2, 0) is 16.1 Å². The molecule has 0 saturated heterocycles. The Kier molecular flexibility index (Phi) is 4.19. The van der Waals surface area contributed by atoms with Crippen molar-refractivity contribution in [1.29, 1.82) is 0 Å². The van der Waals surface area contributed by atoms with E-state index in [1.165, 1.54) is 4.68 Å². The van der Waals surface area contributed by atoms with Gasteiger partial charge in [0.1, 0.15) is 0 Å². The number of carbonyl (C=O) groups is 1. The van der Waals surface area contributed by atoms with Crippen molar-refractivity contribution in [3.8, 4) is 0 Å². The van der Waals surface area contributed by atoms with Gasteiger partial charge in [0.25, 0.3) is 0 Å².